The van der Waals surface area contributed by atoms with Gasteiger partial charge in [-0.3, -0.25) is 9.89 Å². The summed E-state index contributed by atoms with van der Waals surface area (Å²) in [5.41, 5.74) is 10.7. The van der Waals surface area contributed by atoms with Crippen LogP contribution in [0.15, 0.2) is 35.3 Å². The molecule has 2 aliphatic heterocycles. The predicted molar refractivity (Wildman–Crippen MR) is 142 cm³/mol. The maximum Gasteiger partial charge on any atom is 0.193 e. The van der Waals surface area contributed by atoms with E-state index in [4.69, 9.17) is 10.5 Å². The number of aromatic hydroxyl groups is 1. The molecule has 2 fully saturated rings. The first-order chi connectivity index (χ1) is 17.9. The monoisotopic (exact) mass is 499 g/mol. The van der Waals surface area contributed by atoms with Gasteiger partial charge >= 0.3 is 0 Å². The lowest BCUT2D eigenvalue weighted by molar-refractivity contribution is -0.173. The van der Waals surface area contributed by atoms with Crippen LogP contribution in [0.1, 0.15) is 54.7 Å². The van der Waals surface area contributed by atoms with Gasteiger partial charge in [0.15, 0.2) is 23.6 Å². The number of aliphatic hydroxyl groups is 1. The van der Waals surface area contributed by atoms with Crippen LogP contribution in [-0.4, -0.2) is 57.3 Å². The van der Waals surface area contributed by atoms with Crippen molar-refractivity contribution in [2.45, 2.75) is 62.2 Å². The second-order valence-electron chi connectivity index (χ2n) is 11.7. The molecule has 0 radical (unpaired) electrons. The lowest BCUT2D eigenvalue weighted by Gasteiger charge is -2.62. The number of phenolic OH excluding ortho intramolecular Hbond substituents is 1. The van der Waals surface area contributed by atoms with Crippen molar-refractivity contribution in [3.8, 4) is 11.5 Å². The van der Waals surface area contributed by atoms with Gasteiger partial charge in [0.1, 0.15) is 0 Å². The third kappa shape index (κ3) is 2.72. The molecule has 1 spiro atoms. The van der Waals surface area contributed by atoms with Crippen molar-refractivity contribution in [3.63, 3.8) is 0 Å². The van der Waals surface area contributed by atoms with Crippen LogP contribution in [0.3, 0.4) is 0 Å². The van der Waals surface area contributed by atoms with E-state index in [1.807, 2.05) is 19.1 Å². The molecule has 37 heavy (non-hydrogen) atoms. The summed E-state index contributed by atoms with van der Waals surface area (Å²) in [5, 5.41) is 28.0. The molecule has 4 atom stereocenters. The van der Waals surface area contributed by atoms with Crippen LogP contribution >= 0.6 is 0 Å². The number of aromatic amines is 1. The fourth-order valence-corrected chi connectivity index (χ4v) is 8.07. The third-order valence-corrected chi connectivity index (χ3v) is 9.76. The van der Waals surface area contributed by atoms with Gasteiger partial charge < -0.3 is 31.0 Å². The van der Waals surface area contributed by atoms with Gasteiger partial charge in [0.25, 0.3) is 0 Å². The zero-order valence-electron chi connectivity index (χ0n) is 21.1. The number of hydrogen-bond donors (Lipinski definition) is 5. The average molecular weight is 500 g/mol. The molecule has 8 rings (SSSR count). The highest BCUT2D eigenvalue weighted by molar-refractivity contribution is 5.96. The van der Waals surface area contributed by atoms with Crippen LogP contribution in [0.2, 0.25) is 0 Å². The predicted octanol–water partition coefficient (Wildman–Crippen LogP) is 3.32. The van der Waals surface area contributed by atoms with Crippen molar-refractivity contribution in [2.75, 3.05) is 25.0 Å². The van der Waals surface area contributed by atoms with Crippen molar-refractivity contribution >= 4 is 22.5 Å². The highest BCUT2D eigenvalue weighted by atomic mass is 16.5. The number of ether oxygens (including phenoxy) is 1. The summed E-state index contributed by atoms with van der Waals surface area (Å²) in [6.07, 6.45) is 4.38. The number of anilines is 1. The van der Waals surface area contributed by atoms with Crippen LogP contribution < -0.4 is 15.8 Å². The molecule has 1 saturated carbocycles. The number of benzene rings is 2. The SMILES string of the molecule is CCN=C(N)Nc1ccc2c3c([nH]c2c1)[C@@H]1Oc2c(O)ccc4c2[C@@]12CCN(CC1CC1)C(C4)[C@]2(O)C3. The van der Waals surface area contributed by atoms with Crippen LogP contribution in [-0.2, 0) is 18.3 Å². The van der Waals surface area contributed by atoms with Crippen molar-refractivity contribution in [1.82, 2.24) is 9.88 Å². The van der Waals surface area contributed by atoms with E-state index in [-0.39, 0.29) is 17.9 Å². The Bertz CT molecular complexity index is 1490. The Hall–Kier alpha value is -3.23. The normalized spacial score (nSPS) is 31.7. The number of hydrogen-bond acceptors (Lipinski definition) is 5. The molecular formula is C29H33N5O3. The standard InChI is InChI=1S/C29H33N5O3/c1-2-31-27(30)32-17-6-7-18-19-13-29(36)22-11-16-5-8-21(35)25-23(16)28(29,9-10-34(22)14-15-3-4-15)26(37-25)24(19)33-20(18)12-17/h5-8,12,15,22,26,33,35-36H,2-4,9-11,13-14H2,1H3,(H3,30,31,32)/t22?,26-,28-,29+/m0/s1. The number of nitrogens with one attached hydrogen (secondary N) is 2. The second kappa shape index (κ2) is 7.20. The average Bonchev–Trinajstić information content (AvgIpc) is 3.51. The molecule has 192 valence electrons. The first-order valence-corrected chi connectivity index (χ1v) is 13.6. The number of H-pyrrole nitrogens is 1. The molecule has 5 aliphatic rings. The van der Waals surface area contributed by atoms with Crippen molar-refractivity contribution in [3.05, 3.63) is 52.7 Å². The molecule has 0 amide bonds. The van der Waals surface area contributed by atoms with Gasteiger partial charge in [0.05, 0.1) is 16.7 Å². The first-order valence-electron chi connectivity index (χ1n) is 13.6. The van der Waals surface area contributed by atoms with Gasteiger partial charge in [-0.2, -0.15) is 0 Å². The van der Waals surface area contributed by atoms with Gasteiger partial charge in [-0.15, -0.1) is 0 Å². The van der Waals surface area contributed by atoms with Gasteiger partial charge in [0.2, 0.25) is 0 Å². The summed E-state index contributed by atoms with van der Waals surface area (Å²) >= 11 is 0. The number of piperidine rings is 1. The Morgan fingerprint density at radius 1 is 1.30 bits per heavy atom. The molecule has 2 bridgehead atoms. The Kier molecular flexibility index (Phi) is 4.25. The van der Waals surface area contributed by atoms with Crippen LogP contribution in [0.5, 0.6) is 11.5 Å². The topological polar surface area (TPSA) is 119 Å². The summed E-state index contributed by atoms with van der Waals surface area (Å²) in [6.45, 7) is 4.57. The van der Waals surface area contributed by atoms with E-state index in [9.17, 15) is 10.2 Å². The van der Waals surface area contributed by atoms with Gasteiger partial charge in [-0.1, -0.05) is 12.1 Å². The van der Waals surface area contributed by atoms with Crippen molar-refractivity contribution in [2.24, 2.45) is 16.6 Å². The molecule has 2 aromatic carbocycles. The zero-order valence-corrected chi connectivity index (χ0v) is 21.1. The van der Waals surface area contributed by atoms with Crippen molar-refractivity contribution in [1.29, 1.82) is 0 Å². The van der Waals surface area contributed by atoms with E-state index in [2.05, 4.69) is 32.3 Å². The number of aliphatic imine (C=N–C) groups is 1. The molecule has 1 saturated heterocycles. The minimum absolute atomic E-state index is 0.0278. The quantitative estimate of drug-likeness (QED) is 0.278. The fraction of sp³-hybridized carbons (Fsp3) is 0.483. The van der Waals surface area contributed by atoms with Gasteiger partial charge in [0, 0.05) is 47.7 Å². The maximum absolute atomic E-state index is 12.9. The Labute approximate surface area is 215 Å². The zero-order chi connectivity index (χ0) is 25.1. The van der Waals surface area contributed by atoms with E-state index in [1.165, 1.54) is 18.4 Å². The van der Waals surface area contributed by atoms with Crippen LogP contribution in [0.25, 0.3) is 10.9 Å². The number of phenols is 1. The smallest absolute Gasteiger partial charge is 0.193 e. The molecule has 3 aromatic rings. The Morgan fingerprint density at radius 3 is 2.97 bits per heavy atom. The number of likely N-dealkylation sites (tertiary alicyclic amines) is 1. The second-order valence-corrected chi connectivity index (χ2v) is 11.7. The Morgan fingerprint density at radius 2 is 2.16 bits per heavy atom. The molecule has 1 aromatic heterocycles. The fourth-order valence-electron chi connectivity index (χ4n) is 8.07. The summed E-state index contributed by atoms with van der Waals surface area (Å²) in [7, 11) is 0. The number of fused-ring (bicyclic) bond motifs is 4. The van der Waals surface area contributed by atoms with Crippen LogP contribution in [0.4, 0.5) is 5.69 Å². The van der Waals surface area contributed by atoms with E-state index in [0.717, 1.165) is 65.3 Å². The van der Waals surface area contributed by atoms with E-state index >= 15 is 0 Å². The molecule has 8 heteroatoms. The highest BCUT2D eigenvalue weighted by Crippen LogP contribution is 2.69. The van der Waals surface area contributed by atoms with E-state index in [1.54, 1.807) is 6.07 Å². The lowest BCUT2D eigenvalue weighted by Crippen LogP contribution is -2.74. The maximum atomic E-state index is 12.9. The van der Waals surface area contributed by atoms with E-state index in [0.29, 0.717) is 24.7 Å². The lowest BCUT2D eigenvalue weighted by atomic mass is 9.49. The van der Waals surface area contributed by atoms with Crippen LogP contribution in [0, 0.1) is 5.92 Å². The summed E-state index contributed by atoms with van der Waals surface area (Å²) in [6, 6.07) is 10.0. The number of aromatic nitrogens is 1. The largest absolute Gasteiger partial charge is 0.504 e. The summed E-state index contributed by atoms with van der Waals surface area (Å²) < 4.78 is 6.67. The van der Waals surface area contributed by atoms with Gasteiger partial charge in [-0.25, -0.2) is 0 Å². The minimum atomic E-state index is -0.978. The number of nitrogens with zero attached hydrogens (tertiary/aromatic N) is 2. The molecule has 3 aliphatic carbocycles. The molecule has 6 N–H and O–H groups in total. The first kappa shape index (κ1) is 21.8. The summed E-state index contributed by atoms with van der Waals surface area (Å²) in [4.78, 5) is 10.5. The van der Waals surface area contributed by atoms with E-state index < -0.39 is 11.0 Å². The Balaban J connectivity index is 1.31. The number of rotatable bonds is 4. The highest BCUT2D eigenvalue weighted by Gasteiger charge is 2.72. The van der Waals surface area contributed by atoms with Crippen molar-refractivity contribution < 1.29 is 14.9 Å². The molecule has 8 nitrogen and oxygen atoms in total. The minimum Gasteiger partial charge on any atom is -0.504 e. The third-order valence-electron chi connectivity index (χ3n) is 9.76. The summed E-state index contributed by atoms with van der Waals surface area (Å²) in [5.74, 6) is 1.87. The molecule has 3 heterocycles. The van der Waals surface area contributed by atoms with Gasteiger partial charge in [-0.05, 0) is 74.4 Å². The number of guanidine groups is 1. The number of nitrogens with two attached hydrogens (primary N) is 1. The molecule has 1 unspecified atom stereocenters. The molecular weight excluding hydrogens is 466 g/mol.